The van der Waals surface area contributed by atoms with E-state index in [9.17, 15) is 47.6 Å². The Morgan fingerprint density at radius 1 is 0.830 bits per heavy atom. The predicted octanol–water partition coefficient (Wildman–Crippen LogP) is 5.78. The molecule has 53 heavy (non-hydrogen) atoms. The molecule has 3 aromatic carbocycles. The number of benzene rings is 3. The molecule has 1 N–H and O–H groups in total. The molecule has 276 valence electrons. The number of carbonyl (C=O) groups is 4. The fourth-order valence-electron chi connectivity index (χ4n) is 8.00. The Bertz CT molecular complexity index is 2190. The lowest BCUT2D eigenvalue weighted by atomic mass is 9.56. The first-order valence-corrected chi connectivity index (χ1v) is 16.3. The molecule has 19 heteroatoms. The van der Waals surface area contributed by atoms with Crippen molar-refractivity contribution in [3.63, 3.8) is 0 Å². The van der Waals surface area contributed by atoms with Crippen LogP contribution in [0.5, 0.6) is 17.2 Å². The van der Waals surface area contributed by atoms with Crippen LogP contribution in [0, 0.1) is 57.0 Å². The first-order valence-electron chi connectivity index (χ1n) is 15.5. The number of phenols is 1. The van der Waals surface area contributed by atoms with Gasteiger partial charge in [0.15, 0.2) is 44.5 Å². The molecule has 3 fully saturated rings. The lowest BCUT2D eigenvalue weighted by molar-refractivity contribution is -0.384. The molecule has 0 bridgehead atoms. The summed E-state index contributed by atoms with van der Waals surface area (Å²) in [6.45, 7) is 0. The summed E-state index contributed by atoms with van der Waals surface area (Å²) in [5, 5.41) is 21.9. The Morgan fingerprint density at radius 3 is 1.91 bits per heavy atom. The van der Waals surface area contributed by atoms with Gasteiger partial charge in [0, 0.05) is 18.1 Å². The Hall–Kier alpha value is -5.29. The van der Waals surface area contributed by atoms with Crippen molar-refractivity contribution in [2.75, 3.05) is 24.0 Å². The second-order valence-corrected chi connectivity index (χ2v) is 14.0. The SMILES string of the molecule is COc1cc([C@H]2C3=CC[C@@H]4C(=O)N(c5ccc([N+](=O)[O-])cc5)C(=O)[C@@H]4[C@@H]3C[C@@]3(Cl)C(=O)N(c4c(F)c(F)c(F)c(F)c4F)C(=O)[C@@]23Cl)cc(OC)c1O. The third-order valence-corrected chi connectivity index (χ3v) is 11.8. The van der Waals surface area contributed by atoms with Gasteiger partial charge in [-0.25, -0.2) is 26.9 Å². The minimum Gasteiger partial charge on any atom is -0.502 e. The average Bonchev–Trinajstić information content (AvgIpc) is 3.48. The van der Waals surface area contributed by atoms with Crippen LogP contribution in [-0.4, -0.2) is 57.6 Å². The van der Waals surface area contributed by atoms with E-state index in [4.69, 9.17) is 32.7 Å². The van der Waals surface area contributed by atoms with Crippen molar-refractivity contribution >= 4 is 63.9 Å². The number of rotatable bonds is 6. The van der Waals surface area contributed by atoms with Crippen molar-refractivity contribution in [1.82, 2.24) is 0 Å². The number of carbonyl (C=O) groups excluding carboxylic acids is 4. The standard InChI is InChI=1S/C34H22Cl2F5N3O9/c1-52-18-9-12(10-19(53-2)28(18)45)21-15-7-8-16-20(30(47)42(29(16)46)13-3-5-14(6-4-13)44(50)51)17(15)11-33(35)31(48)43(32(49)34(21,33)36)27-25(40)23(38)22(37)24(39)26(27)41/h3-7,9-10,16-17,20-21,45H,8,11H2,1-2H3/t16-,17+,20-,21-,33+,34-/m0/s1. The molecular formula is C34H22Cl2F5N3O9. The van der Waals surface area contributed by atoms with E-state index in [1.807, 2.05) is 0 Å². The summed E-state index contributed by atoms with van der Waals surface area (Å²) in [4.78, 5) is 62.3. The summed E-state index contributed by atoms with van der Waals surface area (Å²) < 4.78 is 84.1. The van der Waals surface area contributed by atoms with Crippen LogP contribution in [0.25, 0.3) is 0 Å². The molecule has 2 heterocycles. The fraction of sp³-hybridized carbons (Fsp3) is 0.294. The first-order chi connectivity index (χ1) is 25.0. The third-order valence-electron chi connectivity index (χ3n) is 10.4. The van der Waals surface area contributed by atoms with Crippen LogP contribution in [0.15, 0.2) is 48.0 Å². The van der Waals surface area contributed by atoms with Crippen LogP contribution < -0.4 is 19.3 Å². The highest BCUT2D eigenvalue weighted by Gasteiger charge is 2.77. The molecular weight excluding hydrogens is 760 g/mol. The molecule has 0 unspecified atom stereocenters. The number of nitro benzene ring substituents is 1. The van der Waals surface area contributed by atoms with Gasteiger partial charge in [0.1, 0.15) is 5.69 Å². The third kappa shape index (κ3) is 4.65. The number of alkyl halides is 2. The number of amides is 4. The quantitative estimate of drug-likeness (QED) is 0.0479. The van der Waals surface area contributed by atoms with Crippen molar-refractivity contribution < 1.29 is 60.6 Å². The number of imide groups is 2. The zero-order valence-corrected chi connectivity index (χ0v) is 28.5. The molecule has 4 amide bonds. The summed E-state index contributed by atoms with van der Waals surface area (Å²) in [6, 6.07) is 6.90. The summed E-state index contributed by atoms with van der Waals surface area (Å²) in [5.74, 6) is -23.8. The van der Waals surface area contributed by atoms with Crippen LogP contribution in [-0.2, 0) is 19.2 Å². The number of methoxy groups -OCH3 is 2. The van der Waals surface area contributed by atoms with Crippen LogP contribution in [0.1, 0.15) is 24.3 Å². The summed E-state index contributed by atoms with van der Waals surface area (Å²) in [5.41, 5.74) is -2.19. The lowest BCUT2D eigenvalue weighted by Gasteiger charge is -2.50. The van der Waals surface area contributed by atoms with Gasteiger partial charge in [-0.15, -0.1) is 23.2 Å². The van der Waals surface area contributed by atoms with Crippen LogP contribution in [0.3, 0.4) is 0 Å². The van der Waals surface area contributed by atoms with Crippen LogP contribution >= 0.6 is 23.2 Å². The van der Waals surface area contributed by atoms with Gasteiger partial charge < -0.3 is 14.6 Å². The Balaban J connectivity index is 1.44. The number of fused-ring (bicyclic) bond motifs is 4. The summed E-state index contributed by atoms with van der Waals surface area (Å²) in [6.07, 6.45) is 0.572. The summed E-state index contributed by atoms with van der Waals surface area (Å²) >= 11 is 14.3. The fourth-order valence-corrected chi connectivity index (χ4v) is 8.93. The number of nitro groups is 1. The maximum Gasteiger partial charge on any atom is 0.269 e. The average molecular weight is 782 g/mol. The van der Waals surface area contributed by atoms with Crippen LogP contribution in [0.2, 0.25) is 0 Å². The van der Waals surface area contributed by atoms with Gasteiger partial charge in [0.2, 0.25) is 23.4 Å². The first kappa shape index (κ1) is 36.1. The number of anilines is 2. The molecule has 3 aromatic rings. The van der Waals surface area contributed by atoms with E-state index in [2.05, 4.69) is 0 Å². The van der Waals surface area contributed by atoms with E-state index in [0.717, 1.165) is 17.0 Å². The lowest BCUT2D eigenvalue weighted by Crippen LogP contribution is -2.60. The number of ether oxygens (including phenoxy) is 2. The monoisotopic (exact) mass is 781 g/mol. The molecule has 4 aliphatic rings. The molecule has 7 rings (SSSR count). The van der Waals surface area contributed by atoms with Crippen molar-refractivity contribution in [1.29, 1.82) is 0 Å². The zero-order chi connectivity index (χ0) is 38.6. The van der Waals surface area contributed by atoms with Gasteiger partial charge in [0.05, 0.1) is 36.7 Å². The second kappa shape index (κ2) is 12.1. The van der Waals surface area contributed by atoms with E-state index in [1.54, 1.807) is 0 Å². The highest BCUT2D eigenvalue weighted by atomic mass is 35.5. The van der Waals surface area contributed by atoms with E-state index >= 15 is 8.78 Å². The molecule has 0 radical (unpaired) electrons. The number of halogens is 7. The largest absolute Gasteiger partial charge is 0.502 e. The smallest absolute Gasteiger partial charge is 0.269 e. The Labute approximate surface area is 304 Å². The van der Waals surface area contributed by atoms with Crippen molar-refractivity contribution in [2.24, 2.45) is 17.8 Å². The normalized spacial score (nSPS) is 27.8. The Morgan fingerprint density at radius 2 is 1.38 bits per heavy atom. The Kier molecular flexibility index (Phi) is 8.26. The highest BCUT2D eigenvalue weighted by Crippen LogP contribution is 2.66. The predicted molar refractivity (Wildman–Crippen MR) is 173 cm³/mol. The molecule has 2 saturated heterocycles. The van der Waals surface area contributed by atoms with E-state index < -0.39 is 109 Å². The number of phenolic OH excluding ortho intramolecular Hbond substituents is 1. The van der Waals surface area contributed by atoms with E-state index in [0.29, 0.717) is 0 Å². The molecule has 2 aliphatic heterocycles. The highest BCUT2D eigenvalue weighted by molar-refractivity contribution is 6.58. The number of allylic oxidation sites excluding steroid dienone is 2. The zero-order valence-electron chi connectivity index (χ0n) is 27.0. The van der Waals surface area contributed by atoms with Gasteiger partial charge in [-0.3, -0.25) is 34.2 Å². The molecule has 12 nitrogen and oxygen atoms in total. The number of hydrogen-bond acceptors (Lipinski definition) is 9. The summed E-state index contributed by atoms with van der Waals surface area (Å²) in [7, 11) is 2.33. The minimum absolute atomic E-state index is 0.0150. The molecule has 0 spiro atoms. The second-order valence-electron chi connectivity index (χ2n) is 12.8. The topological polar surface area (TPSA) is 157 Å². The number of aromatic hydroxyl groups is 1. The number of non-ortho nitro benzene ring substituents is 1. The van der Waals surface area contributed by atoms with Crippen LogP contribution in [0.4, 0.5) is 39.0 Å². The molecule has 6 atom stereocenters. The minimum atomic E-state index is -2.82. The molecule has 1 saturated carbocycles. The van der Waals surface area contributed by atoms with Gasteiger partial charge in [0.25, 0.3) is 17.5 Å². The maximum atomic E-state index is 15.3. The van der Waals surface area contributed by atoms with Crippen molar-refractivity contribution in [2.45, 2.75) is 28.5 Å². The van der Waals surface area contributed by atoms with Gasteiger partial charge in [-0.1, -0.05) is 11.6 Å². The van der Waals surface area contributed by atoms with Gasteiger partial charge in [-0.05, 0) is 48.6 Å². The maximum absolute atomic E-state index is 15.3. The number of nitrogens with zero attached hydrogens (tertiary/aromatic N) is 3. The van der Waals surface area contributed by atoms with Gasteiger partial charge in [-0.2, -0.15) is 0 Å². The molecule has 0 aromatic heterocycles. The van der Waals surface area contributed by atoms with Gasteiger partial charge >= 0.3 is 0 Å². The van der Waals surface area contributed by atoms with E-state index in [1.165, 1.54) is 44.6 Å². The molecule has 2 aliphatic carbocycles. The van der Waals surface area contributed by atoms with E-state index in [-0.39, 0.29) is 45.3 Å². The van der Waals surface area contributed by atoms with Crippen molar-refractivity contribution in [3.05, 3.63) is 92.8 Å². The number of hydrogen-bond donors (Lipinski definition) is 1. The van der Waals surface area contributed by atoms with Crippen molar-refractivity contribution in [3.8, 4) is 17.2 Å².